The molecule has 2 nitrogen and oxygen atoms in total. The molecule has 17 heavy (non-hydrogen) atoms. The number of phenols is 1. The molecule has 1 N–H and O–H groups in total. The lowest BCUT2D eigenvalue weighted by Crippen LogP contribution is -1.96. The minimum Gasteiger partial charge on any atom is -0.508 e. The molecule has 0 atom stereocenters. The molecule has 0 saturated heterocycles. The summed E-state index contributed by atoms with van der Waals surface area (Å²) < 4.78 is 5.51. The molecule has 2 rings (SSSR count). The molecule has 0 aromatic heterocycles. The van der Waals surface area contributed by atoms with Crippen molar-refractivity contribution in [3.8, 4) is 11.5 Å². The van der Waals surface area contributed by atoms with Crippen molar-refractivity contribution in [2.24, 2.45) is 0 Å². The smallest absolute Gasteiger partial charge is 0.123 e. The van der Waals surface area contributed by atoms with Crippen LogP contribution in [0.25, 0.3) is 0 Å². The van der Waals surface area contributed by atoms with E-state index in [1.54, 1.807) is 42.5 Å². The van der Waals surface area contributed by atoms with Gasteiger partial charge in [-0.1, -0.05) is 29.3 Å². The van der Waals surface area contributed by atoms with Crippen LogP contribution in [0.3, 0.4) is 0 Å². The first-order chi connectivity index (χ1) is 8.15. The maximum atomic E-state index is 9.28. The Morgan fingerprint density at radius 1 is 1.06 bits per heavy atom. The zero-order chi connectivity index (χ0) is 12.3. The molecule has 0 fully saturated rings. The average molecular weight is 269 g/mol. The van der Waals surface area contributed by atoms with Gasteiger partial charge in [0.25, 0.3) is 0 Å². The first kappa shape index (κ1) is 12.1. The van der Waals surface area contributed by atoms with Crippen LogP contribution in [0.2, 0.25) is 10.0 Å². The maximum absolute atomic E-state index is 9.28. The van der Waals surface area contributed by atoms with Crippen molar-refractivity contribution in [3.63, 3.8) is 0 Å². The van der Waals surface area contributed by atoms with Crippen molar-refractivity contribution in [3.05, 3.63) is 58.1 Å². The third kappa shape index (κ3) is 3.29. The van der Waals surface area contributed by atoms with E-state index in [0.717, 1.165) is 5.56 Å². The third-order valence-electron chi connectivity index (χ3n) is 2.22. The first-order valence-electron chi connectivity index (χ1n) is 5.01. The summed E-state index contributed by atoms with van der Waals surface area (Å²) in [4.78, 5) is 0. The fourth-order valence-electron chi connectivity index (χ4n) is 1.39. The van der Waals surface area contributed by atoms with Gasteiger partial charge < -0.3 is 9.84 Å². The summed E-state index contributed by atoms with van der Waals surface area (Å²) in [5.74, 6) is 0.751. The van der Waals surface area contributed by atoms with Gasteiger partial charge in [0, 0.05) is 21.7 Å². The summed E-state index contributed by atoms with van der Waals surface area (Å²) in [7, 11) is 0. The van der Waals surface area contributed by atoms with Crippen molar-refractivity contribution in [1.29, 1.82) is 0 Å². The summed E-state index contributed by atoms with van der Waals surface area (Å²) >= 11 is 11.9. The molecule has 2 aromatic rings. The third-order valence-corrected chi connectivity index (χ3v) is 2.82. The van der Waals surface area contributed by atoms with Gasteiger partial charge in [-0.3, -0.25) is 0 Å². The van der Waals surface area contributed by atoms with Crippen LogP contribution in [-0.4, -0.2) is 5.11 Å². The maximum Gasteiger partial charge on any atom is 0.123 e. The Kier molecular flexibility index (Phi) is 3.77. The minimum absolute atomic E-state index is 0.166. The van der Waals surface area contributed by atoms with Crippen molar-refractivity contribution in [2.75, 3.05) is 0 Å². The standard InChI is InChI=1S/C13H10Cl2O2/c14-10-4-5-13(15)9(6-10)8-17-12-3-1-2-11(16)7-12/h1-7,16H,8H2. The lowest BCUT2D eigenvalue weighted by molar-refractivity contribution is 0.304. The minimum atomic E-state index is 0.166. The van der Waals surface area contributed by atoms with Crippen LogP contribution in [-0.2, 0) is 6.61 Å². The second-order valence-corrected chi connectivity index (χ2v) is 4.37. The van der Waals surface area contributed by atoms with Gasteiger partial charge in [-0.25, -0.2) is 0 Å². The topological polar surface area (TPSA) is 29.5 Å². The molecule has 0 heterocycles. The van der Waals surface area contributed by atoms with E-state index in [1.807, 2.05) is 0 Å². The molecule has 0 bridgehead atoms. The van der Waals surface area contributed by atoms with Crippen LogP contribution in [0.1, 0.15) is 5.56 Å². The summed E-state index contributed by atoms with van der Waals surface area (Å²) in [6.45, 7) is 0.308. The summed E-state index contributed by atoms with van der Waals surface area (Å²) in [5.41, 5.74) is 0.808. The Bertz CT molecular complexity index is 527. The van der Waals surface area contributed by atoms with Crippen molar-refractivity contribution in [2.45, 2.75) is 6.61 Å². The van der Waals surface area contributed by atoms with E-state index in [2.05, 4.69) is 0 Å². The zero-order valence-electron chi connectivity index (χ0n) is 8.86. The van der Waals surface area contributed by atoms with Gasteiger partial charge >= 0.3 is 0 Å². The number of phenolic OH excluding ortho intramolecular Hbond substituents is 1. The van der Waals surface area contributed by atoms with E-state index in [0.29, 0.717) is 22.4 Å². The van der Waals surface area contributed by atoms with Crippen molar-refractivity contribution >= 4 is 23.2 Å². The van der Waals surface area contributed by atoms with Crippen LogP contribution in [0.15, 0.2) is 42.5 Å². The Morgan fingerprint density at radius 2 is 1.88 bits per heavy atom. The van der Waals surface area contributed by atoms with E-state index in [1.165, 1.54) is 0 Å². The summed E-state index contributed by atoms with van der Waals surface area (Å²) in [6.07, 6.45) is 0. The van der Waals surface area contributed by atoms with Crippen LogP contribution in [0.4, 0.5) is 0 Å². The number of hydrogen-bond acceptors (Lipinski definition) is 2. The fraction of sp³-hybridized carbons (Fsp3) is 0.0769. The van der Waals surface area contributed by atoms with Crippen molar-refractivity contribution in [1.82, 2.24) is 0 Å². The number of ether oxygens (including phenoxy) is 1. The summed E-state index contributed by atoms with van der Waals surface area (Å²) in [5, 5.41) is 10.5. The Balaban J connectivity index is 2.09. The second kappa shape index (κ2) is 5.30. The van der Waals surface area contributed by atoms with Gasteiger partial charge in [-0.2, -0.15) is 0 Å². The molecular formula is C13H10Cl2O2. The average Bonchev–Trinajstić information content (AvgIpc) is 2.30. The van der Waals surface area contributed by atoms with E-state index < -0.39 is 0 Å². The highest BCUT2D eigenvalue weighted by molar-refractivity contribution is 6.33. The Labute approximate surface area is 109 Å². The summed E-state index contributed by atoms with van der Waals surface area (Å²) in [6, 6.07) is 11.8. The van der Waals surface area contributed by atoms with Gasteiger partial charge in [0.1, 0.15) is 18.1 Å². The van der Waals surface area contributed by atoms with Crippen LogP contribution in [0.5, 0.6) is 11.5 Å². The van der Waals surface area contributed by atoms with E-state index >= 15 is 0 Å². The largest absolute Gasteiger partial charge is 0.508 e. The van der Waals surface area contributed by atoms with Crippen LogP contribution < -0.4 is 4.74 Å². The molecule has 0 unspecified atom stereocenters. The number of benzene rings is 2. The predicted octanol–water partition coefficient (Wildman–Crippen LogP) is 4.28. The SMILES string of the molecule is Oc1cccc(OCc2cc(Cl)ccc2Cl)c1. The van der Waals surface area contributed by atoms with Gasteiger partial charge in [0.2, 0.25) is 0 Å². The van der Waals surface area contributed by atoms with Crippen molar-refractivity contribution < 1.29 is 9.84 Å². The van der Waals surface area contributed by atoms with E-state index in [9.17, 15) is 5.11 Å². The quantitative estimate of drug-likeness (QED) is 0.901. The van der Waals surface area contributed by atoms with E-state index in [-0.39, 0.29) is 5.75 Å². The highest BCUT2D eigenvalue weighted by Gasteiger charge is 2.03. The molecule has 0 aliphatic rings. The molecule has 0 saturated carbocycles. The normalized spacial score (nSPS) is 10.2. The van der Waals surface area contributed by atoms with E-state index in [4.69, 9.17) is 27.9 Å². The highest BCUT2D eigenvalue weighted by Crippen LogP contribution is 2.23. The van der Waals surface area contributed by atoms with Gasteiger partial charge in [-0.15, -0.1) is 0 Å². The van der Waals surface area contributed by atoms with Gasteiger partial charge in [0.05, 0.1) is 0 Å². The molecule has 0 aliphatic heterocycles. The van der Waals surface area contributed by atoms with Gasteiger partial charge in [-0.05, 0) is 30.3 Å². The number of rotatable bonds is 3. The molecule has 0 radical (unpaired) electrons. The second-order valence-electron chi connectivity index (χ2n) is 3.52. The molecular weight excluding hydrogens is 259 g/mol. The fourth-order valence-corrected chi connectivity index (χ4v) is 1.76. The number of halogens is 2. The lowest BCUT2D eigenvalue weighted by Gasteiger charge is -2.08. The van der Waals surface area contributed by atoms with Gasteiger partial charge in [0.15, 0.2) is 0 Å². The molecule has 88 valence electrons. The van der Waals surface area contributed by atoms with Crippen LogP contribution in [0, 0.1) is 0 Å². The molecule has 0 aliphatic carbocycles. The first-order valence-corrected chi connectivity index (χ1v) is 5.76. The predicted molar refractivity (Wildman–Crippen MR) is 68.9 cm³/mol. The number of hydrogen-bond donors (Lipinski definition) is 1. The monoisotopic (exact) mass is 268 g/mol. The number of aromatic hydroxyl groups is 1. The molecule has 0 spiro atoms. The Hall–Kier alpha value is -1.38. The zero-order valence-corrected chi connectivity index (χ0v) is 10.4. The molecule has 2 aromatic carbocycles. The van der Waals surface area contributed by atoms with Crippen LogP contribution >= 0.6 is 23.2 Å². The highest BCUT2D eigenvalue weighted by atomic mass is 35.5. The molecule has 4 heteroatoms. The Morgan fingerprint density at radius 3 is 2.65 bits per heavy atom. The molecule has 0 amide bonds. The lowest BCUT2D eigenvalue weighted by atomic mass is 10.2.